The Hall–Kier alpha value is 1.78. The number of fused-ring (bicyclic) bond motifs is 2. The van der Waals surface area contributed by atoms with Crippen molar-refractivity contribution in [3.63, 3.8) is 0 Å². The maximum Gasteiger partial charge on any atom is 1.00 e. The minimum Gasteiger partial charge on any atom is -0.833 e. The van der Waals surface area contributed by atoms with Gasteiger partial charge in [-0.15, -0.1) is 0 Å². The molecule has 0 aromatic carbocycles. The predicted molar refractivity (Wildman–Crippen MR) is 46.5 cm³/mol. The van der Waals surface area contributed by atoms with Crippen LogP contribution in [0, 0.1) is 0 Å². The molecular formula is H10B4Na2O12. The van der Waals surface area contributed by atoms with Gasteiger partial charge in [-0.2, -0.15) is 0 Å². The molecule has 0 amide bonds. The van der Waals surface area contributed by atoms with Crippen LogP contribution >= 0.6 is 0 Å². The standard InChI is InChI=1S/B4O7.2Na.5H2O/c5-1-7-3-9-2(6)10-4(8-1)11-3;;;;;;;/h;;;5*1H2/q-2;2*+1;;;;;. The quantitative estimate of drug-likeness (QED) is 0.389. The van der Waals surface area contributed by atoms with Gasteiger partial charge in [-0.3, -0.25) is 0 Å². The van der Waals surface area contributed by atoms with Crippen LogP contribution in [0.2, 0.25) is 0 Å². The third kappa shape index (κ3) is 10.6. The summed E-state index contributed by atoms with van der Waals surface area (Å²) in [6, 6.07) is 0. The minimum atomic E-state index is -1.73. The van der Waals surface area contributed by atoms with Gasteiger partial charge in [-0.25, -0.2) is 0 Å². The van der Waals surface area contributed by atoms with Crippen LogP contribution < -0.4 is 69.2 Å². The smallest absolute Gasteiger partial charge is 0.833 e. The Morgan fingerprint density at radius 2 is 0.722 bits per heavy atom. The van der Waals surface area contributed by atoms with E-state index in [2.05, 4.69) is 22.9 Å². The first-order chi connectivity index (χ1) is 5.24. The van der Waals surface area contributed by atoms with Crippen molar-refractivity contribution < 1.29 is 119 Å². The molecule has 0 unspecified atom stereocenters. The Balaban J connectivity index is -0.0000000514. The third-order valence-corrected chi connectivity index (χ3v) is 1.11. The summed E-state index contributed by atoms with van der Waals surface area (Å²) in [6.07, 6.45) is 0. The van der Waals surface area contributed by atoms with Gasteiger partial charge < -0.3 is 60.3 Å². The Kier molecular flexibility index (Phi) is 34.4. The zero-order valence-electron chi connectivity index (χ0n) is 9.67. The van der Waals surface area contributed by atoms with Gasteiger partial charge in [0.15, 0.2) is 0 Å². The van der Waals surface area contributed by atoms with Crippen LogP contribution in [0.25, 0.3) is 0 Å². The summed E-state index contributed by atoms with van der Waals surface area (Å²) in [5.74, 6) is 0. The summed E-state index contributed by atoms with van der Waals surface area (Å²) in [7, 11) is -6.00. The minimum absolute atomic E-state index is 0. The molecule has 0 aliphatic carbocycles. The predicted octanol–water partition coefficient (Wildman–Crippen LogP) is -14.4. The van der Waals surface area contributed by atoms with E-state index in [1.54, 1.807) is 0 Å². The summed E-state index contributed by atoms with van der Waals surface area (Å²) in [4.78, 5) is 0. The van der Waals surface area contributed by atoms with Crippen LogP contribution in [0.1, 0.15) is 0 Å². The molecule has 0 aromatic rings. The molecule has 12 nitrogen and oxygen atoms in total. The summed E-state index contributed by atoms with van der Waals surface area (Å²) in [5, 5.41) is 21.0. The Labute approximate surface area is 147 Å². The second-order valence-corrected chi connectivity index (χ2v) is 1.84. The zero-order valence-corrected chi connectivity index (χ0v) is 13.7. The summed E-state index contributed by atoms with van der Waals surface area (Å²) in [5.41, 5.74) is 0. The van der Waals surface area contributed by atoms with E-state index in [0.29, 0.717) is 0 Å². The van der Waals surface area contributed by atoms with Gasteiger partial charge in [0.05, 0.1) is 0 Å². The first kappa shape index (κ1) is 36.7. The number of hydrogen-bond donors (Lipinski definition) is 0. The van der Waals surface area contributed by atoms with Crippen molar-refractivity contribution in [1.82, 2.24) is 0 Å². The molecular weight excluding hydrogens is 281 g/mol. The van der Waals surface area contributed by atoms with Crippen molar-refractivity contribution in [2.75, 3.05) is 0 Å². The molecule has 0 saturated carbocycles. The molecule has 2 fully saturated rings. The van der Waals surface area contributed by atoms with Crippen molar-refractivity contribution in [2.24, 2.45) is 0 Å². The maximum atomic E-state index is 10.5. The van der Waals surface area contributed by atoms with E-state index in [-0.39, 0.29) is 86.5 Å². The maximum absolute atomic E-state index is 10.5. The molecule has 2 heterocycles. The van der Waals surface area contributed by atoms with Crippen LogP contribution in [-0.4, -0.2) is 56.7 Å². The van der Waals surface area contributed by atoms with Gasteiger partial charge in [-0.1, -0.05) is 0 Å². The van der Waals surface area contributed by atoms with E-state index in [9.17, 15) is 10.0 Å². The van der Waals surface area contributed by atoms with Crippen molar-refractivity contribution >= 4 is 29.3 Å². The van der Waals surface area contributed by atoms with Crippen LogP contribution in [0.15, 0.2) is 0 Å². The van der Waals surface area contributed by atoms with Gasteiger partial charge >= 0.3 is 88.4 Å². The summed E-state index contributed by atoms with van der Waals surface area (Å²) >= 11 is 0. The van der Waals surface area contributed by atoms with Crippen molar-refractivity contribution in [2.45, 2.75) is 0 Å². The van der Waals surface area contributed by atoms with Crippen molar-refractivity contribution in [1.29, 1.82) is 0 Å². The zero-order chi connectivity index (χ0) is 7.84. The van der Waals surface area contributed by atoms with Gasteiger partial charge in [0.2, 0.25) is 0 Å². The fourth-order valence-corrected chi connectivity index (χ4v) is 0.710. The van der Waals surface area contributed by atoms with E-state index < -0.39 is 29.3 Å². The van der Waals surface area contributed by atoms with Crippen molar-refractivity contribution in [3.8, 4) is 0 Å². The normalized spacial score (nSPS) is 15.0. The Bertz CT molecular complexity index is 128. The monoisotopic (exact) mass is 292 g/mol. The molecule has 2 aliphatic rings. The molecule has 2 aliphatic heterocycles. The van der Waals surface area contributed by atoms with E-state index in [1.807, 2.05) is 0 Å². The van der Waals surface area contributed by atoms with Gasteiger partial charge in [-0.05, 0) is 0 Å². The number of rotatable bonds is 0. The first-order valence-electron chi connectivity index (χ1n) is 2.83. The molecule has 2 saturated heterocycles. The van der Waals surface area contributed by atoms with E-state index in [4.69, 9.17) is 0 Å². The van der Waals surface area contributed by atoms with Gasteiger partial charge in [0, 0.05) is 0 Å². The molecule has 96 valence electrons. The molecule has 18 heavy (non-hydrogen) atoms. The topological polar surface area (TPSA) is 250 Å². The summed E-state index contributed by atoms with van der Waals surface area (Å²) in [6.45, 7) is 0. The molecule has 18 heteroatoms. The van der Waals surface area contributed by atoms with Crippen LogP contribution in [-0.2, 0) is 22.9 Å². The molecule has 10 N–H and O–H groups in total. The third-order valence-electron chi connectivity index (χ3n) is 1.11. The first-order valence-corrected chi connectivity index (χ1v) is 2.83. The fraction of sp³-hybridized carbons (Fsp3) is 0. The molecule has 2 bridgehead atoms. The molecule has 0 radical (unpaired) electrons. The SMILES string of the molecule is O.O.O.O.O.[Na+].[Na+].[O-]B1OB2OB([O-])OB(O1)O2. The Morgan fingerprint density at radius 3 is 0.944 bits per heavy atom. The van der Waals surface area contributed by atoms with E-state index in [1.165, 1.54) is 0 Å². The van der Waals surface area contributed by atoms with E-state index >= 15 is 0 Å². The van der Waals surface area contributed by atoms with Crippen LogP contribution in [0.3, 0.4) is 0 Å². The van der Waals surface area contributed by atoms with Crippen LogP contribution in [0.4, 0.5) is 0 Å². The largest absolute Gasteiger partial charge is 1.00 e. The average Bonchev–Trinajstić information content (AvgIpc) is 1.82. The van der Waals surface area contributed by atoms with E-state index in [0.717, 1.165) is 0 Å². The molecule has 0 spiro atoms. The second kappa shape index (κ2) is 16.8. The van der Waals surface area contributed by atoms with Gasteiger partial charge in [0.1, 0.15) is 0 Å². The Morgan fingerprint density at radius 1 is 0.500 bits per heavy atom. The molecule has 2 rings (SSSR count). The van der Waals surface area contributed by atoms with Crippen molar-refractivity contribution in [3.05, 3.63) is 0 Å². The number of hydrogen-bond acceptors (Lipinski definition) is 7. The fourth-order valence-electron chi connectivity index (χ4n) is 0.710. The second-order valence-electron chi connectivity index (χ2n) is 1.84. The summed E-state index contributed by atoms with van der Waals surface area (Å²) < 4.78 is 21.9. The van der Waals surface area contributed by atoms with Crippen LogP contribution in [0.5, 0.6) is 0 Å². The molecule has 0 atom stereocenters. The molecule has 0 aromatic heterocycles. The average molecular weight is 291 g/mol. The van der Waals surface area contributed by atoms with Gasteiger partial charge in [0.25, 0.3) is 0 Å².